The van der Waals surface area contributed by atoms with Crippen LogP contribution in [0.15, 0.2) is 83.0 Å². The van der Waals surface area contributed by atoms with Crippen LogP contribution < -0.4 is 0 Å². The molecule has 1 heterocycles. The second kappa shape index (κ2) is 10.1. The van der Waals surface area contributed by atoms with Crippen LogP contribution in [0.2, 0.25) is 0 Å². The van der Waals surface area contributed by atoms with E-state index in [1.807, 2.05) is 13.8 Å². The Labute approximate surface area is 230 Å². The van der Waals surface area contributed by atoms with Crippen molar-refractivity contribution in [3.05, 3.63) is 101 Å². The highest BCUT2D eigenvalue weighted by atomic mass is 19.4. The zero-order chi connectivity index (χ0) is 29.6. The standard InChI is InChI=1S/C30H21F4N3O4/c1-15-6-8-21(10-16(15)2)37-25-12-19(30(32,33)34)7-9-22(25)26(28(37)39)36-35-24-14-20(31)13-23(27(24)38)17-4-3-5-18(11-17)29(40)41/h3-14,38-39H,1-2H3,(H,40,41). The molecule has 1 aromatic heterocycles. The second-order valence-electron chi connectivity index (χ2n) is 9.41. The lowest BCUT2D eigenvalue weighted by atomic mass is 10.0. The molecule has 0 saturated heterocycles. The van der Waals surface area contributed by atoms with Crippen molar-refractivity contribution in [2.24, 2.45) is 10.2 Å². The zero-order valence-electron chi connectivity index (χ0n) is 21.5. The number of aromatic nitrogens is 1. The highest BCUT2D eigenvalue weighted by Crippen LogP contribution is 2.45. The van der Waals surface area contributed by atoms with Crippen LogP contribution in [0.3, 0.4) is 0 Å². The Kier molecular flexibility index (Phi) is 6.74. The van der Waals surface area contributed by atoms with Gasteiger partial charge in [-0.05, 0) is 79.1 Å². The minimum absolute atomic E-state index is 0.00386. The van der Waals surface area contributed by atoms with Crippen molar-refractivity contribution >= 4 is 28.2 Å². The van der Waals surface area contributed by atoms with Crippen molar-refractivity contribution in [1.82, 2.24) is 4.57 Å². The van der Waals surface area contributed by atoms with E-state index in [-0.39, 0.29) is 39.0 Å². The summed E-state index contributed by atoms with van der Waals surface area (Å²) in [5.74, 6) is -3.07. The lowest BCUT2D eigenvalue weighted by molar-refractivity contribution is -0.137. The topological polar surface area (TPSA) is 107 Å². The van der Waals surface area contributed by atoms with Gasteiger partial charge in [-0.25, -0.2) is 9.18 Å². The minimum Gasteiger partial charge on any atom is -0.505 e. The van der Waals surface area contributed by atoms with E-state index in [4.69, 9.17) is 0 Å². The van der Waals surface area contributed by atoms with Gasteiger partial charge >= 0.3 is 12.1 Å². The molecule has 0 saturated carbocycles. The Morgan fingerprint density at radius 1 is 0.878 bits per heavy atom. The van der Waals surface area contributed by atoms with E-state index in [1.165, 1.54) is 28.8 Å². The molecule has 0 aliphatic rings. The van der Waals surface area contributed by atoms with Gasteiger partial charge in [-0.3, -0.25) is 4.57 Å². The van der Waals surface area contributed by atoms with Gasteiger partial charge in [-0.2, -0.15) is 13.2 Å². The van der Waals surface area contributed by atoms with Crippen LogP contribution in [0, 0.1) is 19.7 Å². The number of alkyl halides is 3. The number of benzene rings is 4. The lowest BCUT2D eigenvalue weighted by Gasteiger charge is -2.11. The predicted molar refractivity (Wildman–Crippen MR) is 144 cm³/mol. The van der Waals surface area contributed by atoms with Gasteiger partial charge < -0.3 is 15.3 Å². The van der Waals surface area contributed by atoms with Crippen LogP contribution in [0.5, 0.6) is 11.6 Å². The number of aryl methyl sites for hydroxylation is 2. The molecule has 0 radical (unpaired) electrons. The van der Waals surface area contributed by atoms with E-state index in [9.17, 15) is 37.7 Å². The fourth-order valence-electron chi connectivity index (χ4n) is 4.46. The number of carboxylic acid groups (broad SMARTS) is 1. The van der Waals surface area contributed by atoms with Gasteiger partial charge in [0, 0.05) is 22.7 Å². The number of azo groups is 1. The maximum absolute atomic E-state index is 14.6. The Hall–Kier alpha value is -5.19. The average molecular weight is 564 g/mol. The van der Waals surface area contributed by atoms with Crippen LogP contribution in [0.1, 0.15) is 27.0 Å². The van der Waals surface area contributed by atoms with Crippen molar-refractivity contribution in [3.8, 4) is 28.4 Å². The van der Waals surface area contributed by atoms with E-state index in [0.29, 0.717) is 5.69 Å². The largest absolute Gasteiger partial charge is 0.505 e. The first kappa shape index (κ1) is 27.4. The normalized spacial score (nSPS) is 12.0. The van der Waals surface area contributed by atoms with Gasteiger partial charge in [-0.15, -0.1) is 10.2 Å². The van der Waals surface area contributed by atoms with Gasteiger partial charge in [0.1, 0.15) is 11.5 Å². The first-order chi connectivity index (χ1) is 19.3. The number of rotatable bonds is 5. The van der Waals surface area contributed by atoms with Gasteiger partial charge in [-0.1, -0.05) is 18.2 Å². The number of phenols is 1. The molecular formula is C30H21F4N3O4. The predicted octanol–water partition coefficient (Wildman–Crippen LogP) is 8.60. The number of phenolic OH excluding ortho intramolecular Hbond substituents is 1. The summed E-state index contributed by atoms with van der Waals surface area (Å²) in [7, 11) is 0. The van der Waals surface area contributed by atoms with E-state index >= 15 is 0 Å². The lowest BCUT2D eigenvalue weighted by Crippen LogP contribution is -2.05. The van der Waals surface area contributed by atoms with Gasteiger partial charge in [0.15, 0.2) is 11.4 Å². The third-order valence-electron chi connectivity index (χ3n) is 6.73. The summed E-state index contributed by atoms with van der Waals surface area (Å²) in [5.41, 5.74) is 0.725. The van der Waals surface area contributed by atoms with Gasteiger partial charge in [0.25, 0.3) is 0 Å². The highest BCUT2D eigenvalue weighted by molar-refractivity contribution is 5.97. The SMILES string of the molecule is Cc1ccc(-n2c(O)c(N=Nc3cc(F)cc(-c4cccc(C(=O)O)c4)c3O)c3ccc(C(F)(F)F)cc32)cc1C. The van der Waals surface area contributed by atoms with Gasteiger partial charge in [0.2, 0.25) is 5.88 Å². The summed E-state index contributed by atoms with van der Waals surface area (Å²) in [6.45, 7) is 3.69. The molecule has 0 unspecified atom stereocenters. The van der Waals surface area contributed by atoms with E-state index < -0.39 is 35.2 Å². The number of carbonyl (C=O) groups is 1. The van der Waals surface area contributed by atoms with Crippen molar-refractivity contribution in [3.63, 3.8) is 0 Å². The van der Waals surface area contributed by atoms with E-state index in [1.54, 1.807) is 18.2 Å². The molecule has 3 N–H and O–H groups in total. The second-order valence-corrected chi connectivity index (χ2v) is 9.41. The third kappa shape index (κ3) is 5.09. The summed E-state index contributed by atoms with van der Waals surface area (Å²) < 4.78 is 56.5. The molecule has 0 aliphatic carbocycles. The Morgan fingerprint density at radius 3 is 2.32 bits per heavy atom. The monoisotopic (exact) mass is 563 g/mol. The maximum atomic E-state index is 14.6. The molecule has 0 atom stereocenters. The number of hydrogen-bond donors (Lipinski definition) is 3. The highest BCUT2D eigenvalue weighted by Gasteiger charge is 2.32. The number of nitrogens with zero attached hydrogens (tertiary/aromatic N) is 3. The average Bonchev–Trinajstić information content (AvgIpc) is 3.20. The molecule has 0 aliphatic heterocycles. The Bertz CT molecular complexity index is 1880. The molecule has 0 spiro atoms. The Balaban J connectivity index is 1.68. The smallest absolute Gasteiger partial charge is 0.416 e. The van der Waals surface area contributed by atoms with Crippen molar-refractivity contribution in [1.29, 1.82) is 0 Å². The van der Waals surface area contributed by atoms with Crippen LogP contribution in [-0.2, 0) is 6.18 Å². The summed E-state index contributed by atoms with van der Waals surface area (Å²) in [6.07, 6.45) is -4.65. The number of carboxylic acids is 1. The van der Waals surface area contributed by atoms with E-state index in [2.05, 4.69) is 10.2 Å². The fourth-order valence-corrected chi connectivity index (χ4v) is 4.46. The van der Waals surface area contributed by atoms with Crippen molar-refractivity contribution in [2.75, 3.05) is 0 Å². The molecular weight excluding hydrogens is 542 g/mol. The van der Waals surface area contributed by atoms with Crippen molar-refractivity contribution in [2.45, 2.75) is 20.0 Å². The maximum Gasteiger partial charge on any atom is 0.416 e. The molecule has 7 nitrogen and oxygen atoms in total. The number of aromatic carboxylic acids is 1. The van der Waals surface area contributed by atoms with Crippen LogP contribution in [-0.4, -0.2) is 25.9 Å². The summed E-state index contributed by atoms with van der Waals surface area (Å²) >= 11 is 0. The van der Waals surface area contributed by atoms with E-state index in [0.717, 1.165) is 41.5 Å². The molecule has 5 aromatic rings. The number of aromatic hydroxyl groups is 2. The first-order valence-corrected chi connectivity index (χ1v) is 12.2. The quantitative estimate of drug-likeness (QED) is 0.147. The molecule has 0 amide bonds. The molecule has 208 valence electrons. The van der Waals surface area contributed by atoms with Crippen LogP contribution >= 0.6 is 0 Å². The molecule has 0 bridgehead atoms. The molecule has 0 fully saturated rings. The first-order valence-electron chi connectivity index (χ1n) is 12.2. The summed E-state index contributed by atoms with van der Waals surface area (Å²) in [4.78, 5) is 11.4. The zero-order valence-corrected chi connectivity index (χ0v) is 21.5. The van der Waals surface area contributed by atoms with Crippen LogP contribution in [0.25, 0.3) is 27.7 Å². The minimum atomic E-state index is -4.65. The number of fused-ring (bicyclic) bond motifs is 1. The molecule has 11 heteroatoms. The van der Waals surface area contributed by atoms with Crippen LogP contribution in [0.4, 0.5) is 28.9 Å². The fraction of sp³-hybridized carbons (Fsp3) is 0.100. The molecule has 5 rings (SSSR count). The summed E-state index contributed by atoms with van der Waals surface area (Å²) in [5, 5.41) is 39.4. The van der Waals surface area contributed by atoms with Crippen molar-refractivity contribution < 1.29 is 37.7 Å². The Morgan fingerprint density at radius 2 is 1.63 bits per heavy atom. The number of hydrogen-bond acceptors (Lipinski definition) is 5. The summed E-state index contributed by atoms with van der Waals surface area (Å²) in [6, 6.07) is 15.3. The molecule has 41 heavy (non-hydrogen) atoms. The third-order valence-corrected chi connectivity index (χ3v) is 6.73. The van der Waals surface area contributed by atoms with Gasteiger partial charge in [0.05, 0.1) is 16.6 Å². The number of halogens is 4. The molecule has 4 aromatic carbocycles.